The second-order valence-electron chi connectivity index (χ2n) is 4.47. The predicted molar refractivity (Wildman–Crippen MR) is 77.9 cm³/mol. The van der Waals surface area contributed by atoms with Gasteiger partial charge in [0.1, 0.15) is 0 Å². The Morgan fingerprint density at radius 1 is 0.950 bits per heavy atom. The highest BCUT2D eigenvalue weighted by atomic mass is 16.1. The quantitative estimate of drug-likeness (QED) is 0.583. The van der Waals surface area contributed by atoms with E-state index in [2.05, 4.69) is 4.98 Å². The lowest BCUT2D eigenvalue weighted by Crippen LogP contribution is -2.02. The third kappa shape index (κ3) is 2.31. The van der Waals surface area contributed by atoms with Gasteiger partial charge in [0.15, 0.2) is 5.78 Å². The summed E-state index contributed by atoms with van der Waals surface area (Å²) in [5, 5.41) is 0. The van der Waals surface area contributed by atoms with E-state index in [9.17, 15) is 4.79 Å². The van der Waals surface area contributed by atoms with Crippen LogP contribution in [-0.2, 0) is 0 Å². The van der Waals surface area contributed by atoms with E-state index in [4.69, 9.17) is 5.73 Å². The van der Waals surface area contributed by atoms with Crippen molar-refractivity contribution in [2.24, 2.45) is 0 Å². The molecule has 3 aromatic rings. The number of carbonyl (C=O) groups excluding carboxylic acids is 1. The number of imidazole rings is 1. The van der Waals surface area contributed by atoms with Gasteiger partial charge in [-0.25, -0.2) is 4.98 Å². The minimum atomic E-state index is -0.0119. The van der Waals surface area contributed by atoms with Crippen LogP contribution in [0.15, 0.2) is 67.3 Å². The van der Waals surface area contributed by atoms with E-state index in [1.165, 1.54) is 0 Å². The molecule has 0 unspecified atom stereocenters. The number of aromatic nitrogens is 2. The molecule has 0 aliphatic rings. The fourth-order valence-electron chi connectivity index (χ4n) is 2.00. The third-order valence-corrected chi connectivity index (χ3v) is 3.10. The van der Waals surface area contributed by atoms with Gasteiger partial charge in [-0.1, -0.05) is 0 Å². The summed E-state index contributed by atoms with van der Waals surface area (Å²) in [6.07, 6.45) is 5.29. The summed E-state index contributed by atoms with van der Waals surface area (Å²) in [6, 6.07) is 14.4. The first-order valence-corrected chi connectivity index (χ1v) is 6.23. The molecule has 0 fully saturated rings. The van der Waals surface area contributed by atoms with Crippen LogP contribution in [0.5, 0.6) is 0 Å². The summed E-state index contributed by atoms with van der Waals surface area (Å²) in [7, 11) is 0. The molecule has 0 atom stereocenters. The number of hydrogen-bond acceptors (Lipinski definition) is 3. The summed E-state index contributed by atoms with van der Waals surface area (Å²) in [6.45, 7) is 0. The van der Waals surface area contributed by atoms with Gasteiger partial charge in [0.05, 0.1) is 6.33 Å². The molecule has 4 nitrogen and oxygen atoms in total. The van der Waals surface area contributed by atoms with Gasteiger partial charge in [-0.3, -0.25) is 4.79 Å². The number of benzene rings is 2. The zero-order valence-electron chi connectivity index (χ0n) is 10.7. The van der Waals surface area contributed by atoms with Gasteiger partial charge in [-0.2, -0.15) is 0 Å². The highest BCUT2D eigenvalue weighted by Gasteiger charge is 2.08. The van der Waals surface area contributed by atoms with Crippen molar-refractivity contribution in [1.82, 2.24) is 9.55 Å². The van der Waals surface area contributed by atoms with Crippen LogP contribution in [-0.4, -0.2) is 15.3 Å². The fraction of sp³-hybridized carbons (Fsp3) is 0. The standard InChI is InChI=1S/C16H13N3O/c17-14-5-1-12(2-6-14)16(20)13-3-7-15(8-4-13)19-10-9-18-11-19/h1-11H,17H2. The molecule has 2 N–H and O–H groups in total. The van der Waals surface area contributed by atoms with E-state index in [-0.39, 0.29) is 5.78 Å². The zero-order valence-corrected chi connectivity index (χ0v) is 10.7. The van der Waals surface area contributed by atoms with Crippen molar-refractivity contribution in [3.63, 3.8) is 0 Å². The highest BCUT2D eigenvalue weighted by molar-refractivity contribution is 6.09. The minimum absolute atomic E-state index is 0.0119. The molecule has 98 valence electrons. The van der Waals surface area contributed by atoms with Crippen LogP contribution in [0.1, 0.15) is 15.9 Å². The topological polar surface area (TPSA) is 60.9 Å². The highest BCUT2D eigenvalue weighted by Crippen LogP contribution is 2.14. The molecular formula is C16H13N3O. The molecule has 0 saturated heterocycles. The molecule has 0 aliphatic heterocycles. The SMILES string of the molecule is Nc1ccc(C(=O)c2ccc(-n3ccnc3)cc2)cc1. The first-order chi connectivity index (χ1) is 9.74. The van der Waals surface area contributed by atoms with Crippen LogP contribution in [0.3, 0.4) is 0 Å². The van der Waals surface area contributed by atoms with E-state index in [1.807, 2.05) is 35.0 Å². The number of nitrogens with two attached hydrogens (primary N) is 1. The van der Waals surface area contributed by atoms with Crippen LogP contribution in [0.25, 0.3) is 5.69 Å². The normalized spacial score (nSPS) is 10.4. The largest absolute Gasteiger partial charge is 0.399 e. The molecule has 1 aromatic heterocycles. The van der Waals surface area contributed by atoms with Crippen molar-refractivity contribution in [2.45, 2.75) is 0 Å². The van der Waals surface area contributed by atoms with E-state index in [1.54, 1.807) is 36.8 Å². The maximum Gasteiger partial charge on any atom is 0.193 e. The predicted octanol–water partition coefficient (Wildman–Crippen LogP) is 2.69. The molecule has 0 spiro atoms. The molecular weight excluding hydrogens is 250 g/mol. The Bertz CT molecular complexity index is 713. The summed E-state index contributed by atoms with van der Waals surface area (Å²) < 4.78 is 1.89. The monoisotopic (exact) mass is 263 g/mol. The Balaban J connectivity index is 1.87. The maximum atomic E-state index is 12.3. The number of nitrogen functional groups attached to an aromatic ring is 1. The molecule has 0 aliphatic carbocycles. The van der Waals surface area contributed by atoms with Crippen LogP contribution in [0.2, 0.25) is 0 Å². The smallest absolute Gasteiger partial charge is 0.193 e. The van der Waals surface area contributed by atoms with Crippen molar-refractivity contribution < 1.29 is 4.79 Å². The van der Waals surface area contributed by atoms with Crippen molar-refractivity contribution >= 4 is 11.5 Å². The average Bonchev–Trinajstić information content (AvgIpc) is 3.02. The lowest BCUT2D eigenvalue weighted by molar-refractivity contribution is 0.103. The number of ketones is 1. The number of carbonyl (C=O) groups is 1. The van der Waals surface area contributed by atoms with Crippen molar-refractivity contribution in [3.05, 3.63) is 78.4 Å². The summed E-state index contributed by atoms with van der Waals surface area (Å²) in [5.41, 5.74) is 8.52. The first-order valence-electron chi connectivity index (χ1n) is 6.23. The minimum Gasteiger partial charge on any atom is -0.399 e. The Labute approximate surface area is 116 Å². The lowest BCUT2D eigenvalue weighted by atomic mass is 10.0. The molecule has 20 heavy (non-hydrogen) atoms. The Hall–Kier alpha value is -2.88. The van der Waals surface area contributed by atoms with Gasteiger partial charge in [-0.05, 0) is 48.5 Å². The maximum absolute atomic E-state index is 12.3. The van der Waals surface area contributed by atoms with Gasteiger partial charge in [-0.15, -0.1) is 0 Å². The third-order valence-electron chi connectivity index (χ3n) is 3.10. The fourth-order valence-corrected chi connectivity index (χ4v) is 2.00. The molecule has 0 radical (unpaired) electrons. The first kappa shape index (κ1) is 12.2. The summed E-state index contributed by atoms with van der Waals surface area (Å²) in [4.78, 5) is 16.3. The van der Waals surface area contributed by atoms with E-state index in [0.29, 0.717) is 16.8 Å². The van der Waals surface area contributed by atoms with Crippen LogP contribution >= 0.6 is 0 Å². The van der Waals surface area contributed by atoms with Crippen LogP contribution in [0.4, 0.5) is 5.69 Å². The van der Waals surface area contributed by atoms with E-state index in [0.717, 1.165) is 5.69 Å². The molecule has 0 bridgehead atoms. The van der Waals surface area contributed by atoms with Crippen molar-refractivity contribution in [1.29, 1.82) is 0 Å². The Kier molecular flexibility index (Phi) is 3.05. The molecule has 4 heteroatoms. The number of hydrogen-bond donors (Lipinski definition) is 1. The second-order valence-corrected chi connectivity index (χ2v) is 4.47. The number of rotatable bonds is 3. The van der Waals surface area contributed by atoms with Crippen LogP contribution in [0, 0.1) is 0 Å². The molecule has 0 amide bonds. The van der Waals surface area contributed by atoms with E-state index < -0.39 is 0 Å². The second kappa shape index (κ2) is 5.01. The number of anilines is 1. The van der Waals surface area contributed by atoms with Gasteiger partial charge in [0, 0.05) is 34.9 Å². The van der Waals surface area contributed by atoms with Gasteiger partial charge >= 0.3 is 0 Å². The average molecular weight is 263 g/mol. The Morgan fingerprint density at radius 2 is 1.55 bits per heavy atom. The number of nitrogens with zero attached hydrogens (tertiary/aromatic N) is 2. The van der Waals surface area contributed by atoms with Gasteiger partial charge in [0.25, 0.3) is 0 Å². The van der Waals surface area contributed by atoms with Crippen LogP contribution < -0.4 is 5.73 Å². The van der Waals surface area contributed by atoms with E-state index >= 15 is 0 Å². The molecule has 2 aromatic carbocycles. The lowest BCUT2D eigenvalue weighted by Gasteiger charge is -2.05. The molecule has 1 heterocycles. The van der Waals surface area contributed by atoms with Gasteiger partial charge < -0.3 is 10.3 Å². The summed E-state index contributed by atoms with van der Waals surface area (Å²) >= 11 is 0. The van der Waals surface area contributed by atoms with Crippen molar-refractivity contribution in [3.8, 4) is 5.69 Å². The molecule has 3 rings (SSSR count). The summed E-state index contributed by atoms with van der Waals surface area (Å²) in [5.74, 6) is -0.0119. The van der Waals surface area contributed by atoms with Gasteiger partial charge in [0.2, 0.25) is 0 Å². The Morgan fingerprint density at radius 3 is 2.10 bits per heavy atom. The molecule has 0 saturated carbocycles. The van der Waals surface area contributed by atoms with Crippen molar-refractivity contribution in [2.75, 3.05) is 5.73 Å². The zero-order chi connectivity index (χ0) is 13.9.